The molecule has 1 saturated heterocycles. The molecule has 0 bridgehead atoms. The van der Waals surface area contributed by atoms with Crippen LogP contribution in [0.15, 0.2) is 30.3 Å². The Hall–Kier alpha value is -2.05. The summed E-state index contributed by atoms with van der Waals surface area (Å²) in [5, 5.41) is 6.22. The second kappa shape index (κ2) is 6.35. The van der Waals surface area contributed by atoms with E-state index in [1.165, 1.54) is 11.3 Å². The Balaban J connectivity index is 1.48. The largest absolute Gasteiger partial charge is 0.368 e. The Bertz CT molecular complexity index is 905. The van der Waals surface area contributed by atoms with Crippen molar-refractivity contribution in [2.75, 3.05) is 31.1 Å². The van der Waals surface area contributed by atoms with E-state index in [9.17, 15) is 4.79 Å². The number of benzene rings is 1. The molecule has 3 aromatic rings. The van der Waals surface area contributed by atoms with E-state index < -0.39 is 0 Å². The van der Waals surface area contributed by atoms with E-state index in [-0.39, 0.29) is 5.91 Å². The number of carbonyl (C=O) groups excluding carboxylic acids is 1. The van der Waals surface area contributed by atoms with E-state index >= 15 is 0 Å². The monoisotopic (exact) mass is 374 g/mol. The lowest BCUT2D eigenvalue weighted by Crippen LogP contribution is -2.48. The average molecular weight is 375 g/mol. The van der Waals surface area contributed by atoms with Crippen LogP contribution in [-0.4, -0.2) is 46.8 Å². The molecule has 0 unspecified atom stereocenters. The maximum atomic E-state index is 12.9. The molecule has 0 atom stereocenters. The lowest BCUT2D eigenvalue weighted by Gasteiger charge is -2.36. The number of anilines is 1. The quantitative estimate of drug-likeness (QED) is 0.688. The smallest absolute Gasteiger partial charge is 0.264 e. The topological polar surface area (TPSA) is 41.4 Å². The summed E-state index contributed by atoms with van der Waals surface area (Å²) >= 11 is 7.60. The fraction of sp³-hybridized carbons (Fsp3) is 0.333. The molecule has 2 aromatic heterocycles. The molecule has 4 rings (SSSR count). The number of rotatable bonds is 2. The van der Waals surface area contributed by atoms with Gasteiger partial charge in [-0.1, -0.05) is 17.7 Å². The number of hydrogen-bond acceptors (Lipinski definition) is 4. The third-order valence-corrected chi connectivity index (χ3v) is 6.07. The first-order valence-electron chi connectivity index (χ1n) is 8.26. The SMILES string of the molecule is Cc1nn(C)c2sc(C(=O)N3CCN(c4cccc(Cl)c4)CC3)cc12. The second-order valence-corrected chi connectivity index (χ2v) is 7.76. The predicted octanol–water partition coefficient (Wildman–Crippen LogP) is 3.56. The zero-order valence-electron chi connectivity index (χ0n) is 14.2. The summed E-state index contributed by atoms with van der Waals surface area (Å²) in [4.78, 5) is 18.9. The summed E-state index contributed by atoms with van der Waals surface area (Å²) in [6, 6.07) is 9.85. The van der Waals surface area contributed by atoms with Crippen molar-refractivity contribution in [2.24, 2.45) is 7.05 Å². The van der Waals surface area contributed by atoms with Crippen molar-refractivity contribution < 1.29 is 4.79 Å². The van der Waals surface area contributed by atoms with Crippen molar-refractivity contribution in [3.63, 3.8) is 0 Å². The molecule has 0 spiro atoms. The highest BCUT2D eigenvalue weighted by Crippen LogP contribution is 2.29. The number of halogens is 1. The van der Waals surface area contributed by atoms with Gasteiger partial charge in [-0.15, -0.1) is 11.3 Å². The van der Waals surface area contributed by atoms with Gasteiger partial charge in [0.05, 0.1) is 10.6 Å². The van der Waals surface area contributed by atoms with Gasteiger partial charge < -0.3 is 9.80 Å². The summed E-state index contributed by atoms with van der Waals surface area (Å²) in [6.45, 7) is 5.05. The Morgan fingerprint density at radius 2 is 1.96 bits per heavy atom. The number of aromatic nitrogens is 2. The van der Waals surface area contributed by atoms with Crippen LogP contribution in [0.25, 0.3) is 10.2 Å². The zero-order chi connectivity index (χ0) is 17.6. The van der Waals surface area contributed by atoms with Gasteiger partial charge >= 0.3 is 0 Å². The van der Waals surface area contributed by atoms with Crippen molar-refractivity contribution in [3.8, 4) is 0 Å². The van der Waals surface area contributed by atoms with Crippen molar-refractivity contribution in [1.29, 1.82) is 0 Å². The standard InChI is InChI=1S/C18H19ClN4OS/c1-12-15-11-16(25-18(15)21(2)20-12)17(24)23-8-6-22(7-9-23)14-5-3-4-13(19)10-14/h3-5,10-11H,6-9H2,1-2H3. The molecule has 1 fully saturated rings. The number of aryl methyl sites for hydroxylation is 2. The van der Waals surface area contributed by atoms with Gasteiger partial charge in [0.2, 0.25) is 0 Å². The first-order valence-corrected chi connectivity index (χ1v) is 9.45. The first kappa shape index (κ1) is 16.4. The molecule has 130 valence electrons. The number of piperazine rings is 1. The molecule has 1 aromatic carbocycles. The third-order valence-electron chi connectivity index (χ3n) is 4.65. The molecule has 25 heavy (non-hydrogen) atoms. The maximum absolute atomic E-state index is 12.9. The van der Waals surface area contributed by atoms with E-state index in [1.807, 2.05) is 47.8 Å². The minimum Gasteiger partial charge on any atom is -0.368 e. The normalized spacial score (nSPS) is 15.2. The molecule has 7 heteroatoms. The van der Waals surface area contributed by atoms with E-state index in [0.717, 1.165) is 57.7 Å². The van der Waals surface area contributed by atoms with E-state index in [2.05, 4.69) is 16.1 Å². The van der Waals surface area contributed by atoms with Crippen LogP contribution in [0, 0.1) is 6.92 Å². The van der Waals surface area contributed by atoms with Gasteiger partial charge in [0.15, 0.2) is 0 Å². The fourth-order valence-corrected chi connectivity index (χ4v) is 4.58. The fourth-order valence-electron chi connectivity index (χ4n) is 3.31. The molecule has 3 heterocycles. The van der Waals surface area contributed by atoms with Crippen LogP contribution in [0.4, 0.5) is 5.69 Å². The molecule has 1 aliphatic rings. The third kappa shape index (κ3) is 3.00. The van der Waals surface area contributed by atoms with Crippen molar-refractivity contribution in [2.45, 2.75) is 6.92 Å². The van der Waals surface area contributed by atoms with E-state index in [0.29, 0.717) is 0 Å². The summed E-state index contributed by atoms with van der Waals surface area (Å²) < 4.78 is 1.85. The second-order valence-electron chi connectivity index (χ2n) is 6.30. The molecule has 0 saturated carbocycles. The van der Waals surface area contributed by atoms with Crippen LogP contribution in [-0.2, 0) is 7.05 Å². The van der Waals surface area contributed by atoms with Gasteiger partial charge in [-0.25, -0.2) is 0 Å². The van der Waals surface area contributed by atoms with Crippen LogP contribution in [0.3, 0.4) is 0 Å². The number of nitrogens with zero attached hydrogens (tertiary/aromatic N) is 4. The first-order chi connectivity index (χ1) is 12.0. The highest BCUT2D eigenvalue weighted by molar-refractivity contribution is 7.20. The predicted molar refractivity (Wildman–Crippen MR) is 103 cm³/mol. The number of amides is 1. The Morgan fingerprint density at radius 3 is 2.64 bits per heavy atom. The molecule has 0 N–H and O–H groups in total. The van der Waals surface area contributed by atoms with Crippen LogP contribution in [0.1, 0.15) is 15.4 Å². The molecule has 0 aliphatic carbocycles. The minimum absolute atomic E-state index is 0.117. The number of thiophene rings is 1. The lowest BCUT2D eigenvalue weighted by atomic mass is 10.2. The highest BCUT2D eigenvalue weighted by Gasteiger charge is 2.24. The van der Waals surface area contributed by atoms with Gasteiger partial charge in [-0.2, -0.15) is 5.10 Å². The molecule has 5 nitrogen and oxygen atoms in total. The maximum Gasteiger partial charge on any atom is 0.264 e. The number of fused-ring (bicyclic) bond motifs is 1. The summed E-state index contributed by atoms with van der Waals surface area (Å²) in [5.41, 5.74) is 2.08. The van der Waals surface area contributed by atoms with Crippen LogP contribution < -0.4 is 4.90 Å². The zero-order valence-corrected chi connectivity index (χ0v) is 15.8. The van der Waals surface area contributed by atoms with Crippen molar-refractivity contribution >= 4 is 44.7 Å². The minimum atomic E-state index is 0.117. The molecule has 0 radical (unpaired) electrons. The van der Waals surface area contributed by atoms with Gasteiger partial charge in [0.1, 0.15) is 4.83 Å². The Labute approximate surface area is 155 Å². The molecular weight excluding hydrogens is 356 g/mol. The van der Waals surface area contributed by atoms with Crippen molar-refractivity contribution in [3.05, 3.63) is 45.9 Å². The van der Waals surface area contributed by atoms with E-state index in [4.69, 9.17) is 11.6 Å². The van der Waals surface area contributed by atoms with Gasteiger partial charge in [0, 0.05) is 49.3 Å². The van der Waals surface area contributed by atoms with Crippen LogP contribution in [0.5, 0.6) is 0 Å². The summed E-state index contributed by atoms with van der Waals surface area (Å²) in [5.74, 6) is 0.117. The van der Waals surface area contributed by atoms with Crippen molar-refractivity contribution in [1.82, 2.24) is 14.7 Å². The van der Waals surface area contributed by atoms with Gasteiger partial charge in [-0.05, 0) is 31.2 Å². The highest BCUT2D eigenvalue weighted by atomic mass is 35.5. The molecule has 1 amide bonds. The number of carbonyl (C=O) groups is 1. The van der Waals surface area contributed by atoms with Gasteiger partial charge in [-0.3, -0.25) is 9.48 Å². The molecular formula is C18H19ClN4OS. The summed E-state index contributed by atoms with van der Waals surface area (Å²) in [6.07, 6.45) is 0. The molecule has 1 aliphatic heterocycles. The van der Waals surface area contributed by atoms with Crippen LogP contribution in [0.2, 0.25) is 5.02 Å². The average Bonchev–Trinajstić information content (AvgIpc) is 3.16. The van der Waals surface area contributed by atoms with Gasteiger partial charge in [0.25, 0.3) is 5.91 Å². The Kier molecular flexibility index (Phi) is 4.17. The Morgan fingerprint density at radius 1 is 1.20 bits per heavy atom. The lowest BCUT2D eigenvalue weighted by molar-refractivity contribution is 0.0752. The number of hydrogen-bond donors (Lipinski definition) is 0. The van der Waals surface area contributed by atoms with Crippen LogP contribution >= 0.6 is 22.9 Å². The summed E-state index contributed by atoms with van der Waals surface area (Å²) in [7, 11) is 1.92. The van der Waals surface area contributed by atoms with E-state index in [1.54, 1.807) is 0 Å².